The van der Waals surface area contributed by atoms with Gasteiger partial charge in [-0.1, -0.05) is 32.9 Å². The second-order valence-corrected chi connectivity index (χ2v) is 4.47. The lowest BCUT2D eigenvalue weighted by molar-refractivity contribution is 0.408. The molecule has 0 saturated heterocycles. The Bertz CT molecular complexity index is 331. The van der Waals surface area contributed by atoms with Crippen LogP contribution in [0.2, 0.25) is 0 Å². The Morgan fingerprint density at radius 3 is 2.47 bits per heavy atom. The fraction of sp³-hybridized carbons (Fsp3) is 0.538. The Morgan fingerprint density at radius 2 is 2.00 bits per heavy atom. The minimum absolute atomic E-state index is 0.205. The zero-order valence-corrected chi connectivity index (χ0v) is 10.1. The Hall–Kier alpha value is -1.02. The van der Waals surface area contributed by atoms with Crippen molar-refractivity contribution in [2.75, 3.05) is 7.11 Å². The molecule has 0 unspecified atom stereocenters. The van der Waals surface area contributed by atoms with E-state index in [-0.39, 0.29) is 5.41 Å². The van der Waals surface area contributed by atoms with Crippen molar-refractivity contribution in [2.45, 2.75) is 39.2 Å². The lowest BCUT2D eigenvalue weighted by Gasteiger charge is -2.24. The van der Waals surface area contributed by atoms with Crippen LogP contribution < -0.4 is 10.5 Å². The number of methoxy groups -OCH3 is 1. The van der Waals surface area contributed by atoms with Crippen molar-refractivity contribution in [3.05, 3.63) is 29.3 Å². The molecule has 0 spiro atoms. The van der Waals surface area contributed by atoms with E-state index in [0.29, 0.717) is 6.54 Å². The average Bonchev–Trinajstić information content (AvgIpc) is 2.28. The molecule has 0 fully saturated rings. The van der Waals surface area contributed by atoms with Crippen LogP contribution in [-0.2, 0) is 12.0 Å². The quantitative estimate of drug-likeness (QED) is 0.824. The van der Waals surface area contributed by atoms with Gasteiger partial charge in [0.05, 0.1) is 7.11 Å². The van der Waals surface area contributed by atoms with Gasteiger partial charge in [0.2, 0.25) is 0 Å². The molecule has 1 aromatic rings. The van der Waals surface area contributed by atoms with Crippen LogP contribution in [0, 0.1) is 0 Å². The highest BCUT2D eigenvalue weighted by Crippen LogP contribution is 2.30. The van der Waals surface area contributed by atoms with Gasteiger partial charge in [0.15, 0.2) is 0 Å². The van der Waals surface area contributed by atoms with Crippen LogP contribution in [0.4, 0.5) is 0 Å². The van der Waals surface area contributed by atoms with Crippen LogP contribution in [0.1, 0.15) is 38.3 Å². The van der Waals surface area contributed by atoms with Gasteiger partial charge in [-0.05, 0) is 23.5 Å². The molecular formula is C13H21NO. The van der Waals surface area contributed by atoms with Gasteiger partial charge in [-0.25, -0.2) is 0 Å². The molecule has 0 saturated carbocycles. The van der Waals surface area contributed by atoms with E-state index in [1.165, 1.54) is 5.56 Å². The van der Waals surface area contributed by atoms with Crippen molar-refractivity contribution in [2.24, 2.45) is 5.73 Å². The van der Waals surface area contributed by atoms with Gasteiger partial charge in [0.25, 0.3) is 0 Å². The highest BCUT2D eigenvalue weighted by Gasteiger charge is 2.18. The molecule has 1 aromatic carbocycles. The van der Waals surface area contributed by atoms with Gasteiger partial charge >= 0.3 is 0 Å². The average molecular weight is 207 g/mol. The molecule has 0 bridgehead atoms. The zero-order chi connectivity index (χ0) is 11.5. The second kappa shape index (κ2) is 4.67. The highest BCUT2D eigenvalue weighted by molar-refractivity contribution is 5.39. The molecule has 0 aliphatic rings. The molecule has 0 aliphatic carbocycles. The summed E-state index contributed by atoms with van der Waals surface area (Å²) in [6.45, 7) is 7.22. The number of hydrogen-bond donors (Lipinski definition) is 1. The molecule has 0 radical (unpaired) electrons. The summed E-state index contributed by atoms with van der Waals surface area (Å²) in [4.78, 5) is 0. The third-order valence-electron chi connectivity index (χ3n) is 3.17. The maximum Gasteiger partial charge on any atom is 0.123 e. The number of rotatable bonds is 4. The van der Waals surface area contributed by atoms with Crippen molar-refractivity contribution >= 4 is 0 Å². The van der Waals surface area contributed by atoms with E-state index < -0.39 is 0 Å². The van der Waals surface area contributed by atoms with Crippen molar-refractivity contribution < 1.29 is 4.74 Å². The first-order valence-corrected chi connectivity index (χ1v) is 5.42. The third-order valence-corrected chi connectivity index (χ3v) is 3.17. The summed E-state index contributed by atoms with van der Waals surface area (Å²) >= 11 is 0. The van der Waals surface area contributed by atoms with E-state index in [0.717, 1.165) is 17.7 Å². The summed E-state index contributed by atoms with van der Waals surface area (Å²) in [6.07, 6.45) is 1.11. The van der Waals surface area contributed by atoms with Crippen molar-refractivity contribution in [1.29, 1.82) is 0 Å². The zero-order valence-electron chi connectivity index (χ0n) is 10.1. The Morgan fingerprint density at radius 1 is 1.33 bits per heavy atom. The van der Waals surface area contributed by atoms with E-state index in [9.17, 15) is 0 Å². The van der Waals surface area contributed by atoms with Crippen LogP contribution in [0.15, 0.2) is 18.2 Å². The predicted molar refractivity (Wildman–Crippen MR) is 64.2 cm³/mol. The maximum absolute atomic E-state index is 5.70. The lowest BCUT2D eigenvalue weighted by Crippen LogP contribution is -2.16. The monoisotopic (exact) mass is 207 g/mol. The topological polar surface area (TPSA) is 35.2 Å². The first-order valence-electron chi connectivity index (χ1n) is 5.42. The lowest BCUT2D eigenvalue weighted by atomic mass is 9.81. The number of hydrogen-bond acceptors (Lipinski definition) is 2. The van der Waals surface area contributed by atoms with Crippen LogP contribution in [0.5, 0.6) is 5.75 Å². The smallest absolute Gasteiger partial charge is 0.123 e. The minimum Gasteiger partial charge on any atom is -0.496 e. The summed E-state index contributed by atoms with van der Waals surface area (Å²) in [5.41, 5.74) is 8.31. The summed E-state index contributed by atoms with van der Waals surface area (Å²) in [7, 11) is 1.68. The molecule has 2 heteroatoms. The summed E-state index contributed by atoms with van der Waals surface area (Å²) in [5.74, 6) is 0.883. The third kappa shape index (κ3) is 2.51. The molecule has 2 N–H and O–H groups in total. The first kappa shape index (κ1) is 12.1. The molecule has 0 heterocycles. The van der Waals surface area contributed by atoms with Gasteiger partial charge in [-0.3, -0.25) is 0 Å². The van der Waals surface area contributed by atoms with Crippen molar-refractivity contribution in [3.8, 4) is 5.75 Å². The molecule has 84 valence electrons. The molecule has 0 atom stereocenters. The second-order valence-electron chi connectivity index (χ2n) is 4.47. The van der Waals surface area contributed by atoms with Gasteiger partial charge in [0, 0.05) is 12.1 Å². The van der Waals surface area contributed by atoms with E-state index in [1.807, 2.05) is 6.07 Å². The fourth-order valence-corrected chi connectivity index (χ4v) is 1.56. The van der Waals surface area contributed by atoms with E-state index in [4.69, 9.17) is 10.5 Å². The van der Waals surface area contributed by atoms with Crippen molar-refractivity contribution in [3.63, 3.8) is 0 Å². The van der Waals surface area contributed by atoms with Crippen LogP contribution in [-0.4, -0.2) is 7.11 Å². The minimum atomic E-state index is 0.205. The fourth-order valence-electron chi connectivity index (χ4n) is 1.56. The Kier molecular flexibility index (Phi) is 3.75. The number of nitrogens with two attached hydrogens (primary N) is 1. The Balaban J connectivity index is 3.13. The maximum atomic E-state index is 5.70. The predicted octanol–water partition coefficient (Wildman–Crippen LogP) is 2.84. The molecule has 0 aliphatic heterocycles. The van der Waals surface area contributed by atoms with Gasteiger partial charge in [0.1, 0.15) is 5.75 Å². The van der Waals surface area contributed by atoms with Gasteiger partial charge < -0.3 is 10.5 Å². The summed E-state index contributed by atoms with van der Waals surface area (Å²) < 4.78 is 5.26. The van der Waals surface area contributed by atoms with Gasteiger partial charge in [-0.2, -0.15) is 0 Å². The molecule has 1 rings (SSSR count). The van der Waals surface area contributed by atoms with Crippen molar-refractivity contribution in [1.82, 2.24) is 0 Å². The van der Waals surface area contributed by atoms with Crippen LogP contribution >= 0.6 is 0 Å². The molecule has 0 aromatic heterocycles. The van der Waals surface area contributed by atoms with E-state index >= 15 is 0 Å². The molecule has 2 nitrogen and oxygen atoms in total. The van der Waals surface area contributed by atoms with E-state index in [2.05, 4.69) is 32.9 Å². The van der Waals surface area contributed by atoms with E-state index in [1.54, 1.807) is 7.11 Å². The first-order chi connectivity index (χ1) is 7.05. The largest absolute Gasteiger partial charge is 0.496 e. The SMILES string of the molecule is CCC(C)(C)c1ccc(OC)c(CN)c1. The summed E-state index contributed by atoms with van der Waals surface area (Å²) in [6, 6.07) is 6.29. The number of ether oxygens (including phenoxy) is 1. The number of benzene rings is 1. The molecule has 15 heavy (non-hydrogen) atoms. The summed E-state index contributed by atoms with van der Waals surface area (Å²) in [5, 5.41) is 0. The molecule has 0 amide bonds. The normalized spacial score (nSPS) is 11.5. The highest BCUT2D eigenvalue weighted by atomic mass is 16.5. The standard InChI is InChI=1S/C13H21NO/c1-5-13(2,3)11-6-7-12(15-4)10(8-11)9-14/h6-8H,5,9,14H2,1-4H3. The van der Waals surface area contributed by atoms with Gasteiger partial charge in [-0.15, -0.1) is 0 Å². The Labute approximate surface area is 92.4 Å². The van der Waals surface area contributed by atoms with Crippen LogP contribution in [0.3, 0.4) is 0 Å². The molecular weight excluding hydrogens is 186 g/mol. The van der Waals surface area contributed by atoms with Crippen LogP contribution in [0.25, 0.3) is 0 Å².